The molecule has 3 atom stereocenters. The molecule has 1 aliphatic rings. The van der Waals surface area contributed by atoms with Gasteiger partial charge in [0.2, 0.25) is 0 Å². The number of hydrogen-bond acceptors (Lipinski definition) is 3. The summed E-state index contributed by atoms with van der Waals surface area (Å²) < 4.78 is 5.04. The Bertz CT molecular complexity index is 172. The average molecular weight is 185 g/mol. The fourth-order valence-corrected chi connectivity index (χ4v) is 2.01. The third kappa shape index (κ3) is 2.44. The van der Waals surface area contributed by atoms with Gasteiger partial charge in [0, 0.05) is 6.04 Å². The quantitative estimate of drug-likeness (QED) is 0.657. The summed E-state index contributed by atoms with van der Waals surface area (Å²) in [5, 5.41) is 3.30. The predicted molar refractivity (Wildman–Crippen MR) is 51.4 cm³/mol. The SMILES string of the molecule is CCOC(=O)C1C(C)CCNC1C. The normalized spacial score (nSPS) is 34.2. The average Bonchev–Trinajstić information content (AvgIpc) is 2.04. The Morgan fingerprint density at radius 1 is 1.54 bits per heavy atom. The van der Waals surface area contributed by atoms with Crippen molar-refractivity contribution in [3.63, 3.8) is 0 Å². The molecule has 1 heterocycles. The van der Waals surface area contributed by atoms with Gasteiger partial charge in [-0.15, -0.1) is 0 Å². The second kappa shape index (κ2) is 4.61. The lowest BCUT2D eigenvalue weighted by atomic mass is 9.83. The Labute approximate surface area is 79.8 Å². The number of ether oxygens (including phenoxy) is 1. The molecule has 1 rings (SSSR count). The summed E-state index contributed by atoms with van der Waals surface area (Å²) in [7, 11) is 0. The Balaban J connectivity index is 2.57. The number of nitrogens with one attached hydrogen (secondary N) is 1. The van der Waals surface area contributed by atoms with Gasteiger partial charge in [-0.3, -0.25) is 4.79 Å². The van der Waals surface area contributed by atoms with Crippen LogP contribution in [0, 0.1) is 11.8 Å². The van der Waals surface area contributed by atoms with E-state index in [1.165, 1.54) is 0 Å². The van der Waals surface area contributed by atoms with Gasteiger partial charge in [0.15, 0.2) is 0 Å². The molecule has 3 heteroatoms. The summed E-state index contributed by atoms with van der Waals surface area (Å²) in [5.41, 5.74) is 0. The molecule has 1 fully saturated rings. The summed E-state index contributed by atoms with van der Waals surface area (Å²) in [4.78, 5) is 11.6. The molecule has 0 radical (unpaired) electrons. The maximum absolute atomic E-state index is 11.6. The van der Waals surface area contributed by atoms with Gasteiger partial charge in [-0.05, 0) is 32.7 Å². The van der Waals surface area contributed by atoms with Gasteiger partial charge in [-0.1, -0.05) is 6.92 Å². The summed E-state index contributed by atoms with van der Waals surface area (Å²) in [6.07, 6.45) is 1.06. The number of hydrogen-bond donors (Lipinski definition) is 1. The zero-order chi connectivity index (χ0) is 9.84. The van der Waals surface area contributed by atoms with E-state index in [1.807, 2.05) is 6.92 Å². The number of rotatable bonds is 2. The van der Waals surface area contributed by atoms with Crippen LogP contribution in [0.2, 0.25) is 0 Å². The first-order chi connectivity index (χ1) is 6.16. The Morgan fingerprint density at radius 3 is 2.77 bits per heavy atom. The lowest BCUT2D eigenvalue weighted by Gasteiger charge is -2.33. The van der Waals surface area contributed by atoms with Crippen molar-refractivity contribution in [3.8, 4) is 0 Å². The fourth-order valence-electron chi connectivity index (χ4n) is 2.01. The van der Waals surface area contributed by atoms with Crippen molar-refractivity contribution in [2.45, 2.75) is 33.2 Å². The van der Waals surface area contributed by atoms with E-state index in [9.17, 15) is 4.79 Å². The van der Waals surface area contributed by atoms with E-state index in [0.29, 0.717) is 12.5 Å². The van der Waals surface area contributed by atoms with Crippen molar-refractivity contribution < 1.29 is 9.53 Å². The Hall–Kier alpha value is -0.570. The highest BCUT2D eigenvalue weighted by molar-refractivity contribution is 5.73. The maximum atomic E-state index is 11.6. The largest absolute Gasteiger partial charge is 0.466 e. The molecule has 76 valence electrons. The van der Waals surface area contributed by atoms with Crippen molar-refractivity contribution in [1.82, 2.24) is 5.32 Å². The first kappa shape index (κ1) is 10.5. The highest BCUT2D eigenvalue weighted by atomic mass is 16.5. The van der Waals surface area contributed by atoms with E-state index >= 15 is 0 Å². The van der Waals surface area contributed by atoms with Crippen LogP contribution < -0.4 is 5.32 Å². The molecule has 3 nitrogen and oxygen atoms in total. The molecule has 3 unspecified atom stereocenters. The van der Waals surface area contributed by atoms with Crippen LogP contribution in [-0.4, -0.2) is 25.2 Å². The zero-order valence-electron chi connectivity index (χ0n) is 8.67. The number of carbonyl (C=O) groups is 1. The van der Waals surface area contributed by atoms with Gasteiger partial charge in [0.1, 0.15) is 0 Å². The topological polar surface area (TPSA) is 38.3 Å². The molecular formula is C10H19NO2. The van der Waals surface area contributed by atoms with Gasteiger partial charge in [-0.25, -0.2) is 0 Å². The van der Waals surface area contributed by atoms with Crippen LogP contribution in [-0.2, 0) is 9.53 Å². The van der Waals surface area contributed by atoms with Crippen LogP contribution in [0.1, 0.15) is 27.2 Å². The van der Waals surface area contributed by atoms with E-state index in [2.05, 4.69) is 19.2 Å². The van der Waals surface area contributed by atoms with E-state index in [0.717, 1.165) is 13.0 Å². The van der Waals surface area contributed by atoms with Gasteiger partial charge < -0.3 is 10.1 Å². The first-order valence-electron chi connectivity index (χ1n) is 5.06. The molecule has 1 N–H and O–H groups in total. The summed E-state index contributed by atoms with van der Waals surface area (Å²) in [5.74, 6) is 0.429. The monoisotopic (exact) mass is 185 g/mol. The standard InChI is InChI=1S/C10H19NO2/c1-4-13-10(12)9-7(2)5-6-11-8(9)3/h7-9,11H,4-6H2,1-3H3. The second-order valence-electron chi connectivity index (χ2n) is 3.79. The van der Waals surface area contributed by atoms with E-state index < -0.39 is 0 Å². The van der Waals surface area contributed by atoms with Gasteiger partial charge in [0.05, 0.1) is 12.5 Å². The van der Waals surface area contributed by atoms with Crippen LogP contribution in [0.5, 0.6) is 0 Å². The van der Waals surface area contributed by atoms with Crippen LogP contribution in [0.25, 0.3) is 0 Å². The predicted octanol–water partition coefficient (Wildman–Crippen LogP) is 1.18. The molecule has 13 heavy (non-hydrogen) atoms. The minimum atomic E-state index is -0.0466. The van der Waals surface area contributed by atoms with Crippen molar-refractivity contribution in [2.75, 3.05) is 13.2 Å². The molecule has 1 saturated heterocycles. The minimum absolute atomic E-state index is 0.0358. The molecule has 1 aliphatic heterocycles. The molecule has 0 aromatic heterocycles. The van der Waals surface area contributed by atoms with Crippen molar-refractivity contribution in [2.24, 2.45) is 11.8 Å². The smallest absolute Gasteiger partial charge is 0.310 e. The van der Waals surface area contributed by atoms with Crippen LogP contribution >= 0.6 is 0 Å². The van der Waals surface area contributed by atoms with Crippen LogP contribution in [0.15, 0.2) is 0 Å². The third-order valence-electron chi connectivity index (χ3n) is 2.78. The van der Waals surface area contributed by atoms with E-state index in [-0.39, 0.29) is 17.9 Å². The molecule has 0 spiro atoms. The minimum Gasteiger partial charge on any atom is -0.466 e. The summed E-state index contributed by atoms with van der Waals surface area (Å²) in [6, 6.07) is 0.253. The number of carbonyl (C=O) groups excluding carboxylic acids is 1. The van der Waals surface area contributed by atoms with E-state index in [1.54, 1.807) is 0 Å². The highest BCUT2D eigenvalue weighted by Crippen LogP contribution is 2.24. The van der Waals surface area contributed by atoms with E-state index in [4.69, 9.17) is 4.74 Å². The molecule has 0 aromatic carbocycles. The molecular weight excluding hydrogens is 166 g/mol. The molecule has 0 bridgehead atoms. The molecule has 0 aliphatic carbocycles. The van der Waals surface area contributed by atoms with Crippen molar-refractivity contribution >= 4 is 5.97 Å². The second-order valence-corrected chi connectivity index (χ2v) is 3.79. The fraction of sp³-hybridized carbons (Fsp3) is 0.900. The summed E-state index contributed by atoms with van der Waals surface area (Å²) >= 11 is 0. The molecule has 0 aromatic rings. The number of esters is 1. The van der Waals surface area contributed by atoms with Crippen molar-refractivity contribution in [1.29, 1.82) is 0 Å². The first-order valence-corrected chi connectivity index (χ1v) is 5.06. The highest BCUT2D eigenvalue weighted by Gasteiger charge is 2.34. The van der Waals surface area contributed by atoms with Gasteiger partial charge >= 0.3 is 5.97 Å². The number of piperidine rings is 1. The van der Waals surface area contributed by atoms with Crippen LogP contribution in [0.3, 0.4) is 0 Å². The Kier molecular flexibility index (Phi) is 3.72. The van der Waals surface area contributed by atoms with Gasteiger partial charge in [0.25, 0.3) is 0 Å². The lowest BCUT2D eigenvalue weighted by Crippen LogP contribution is -2.47. The summed E-state index contributed by atoms with van der Waals surface area (Å²) in [6.45, 7) is 7.52. The molecule has 0 saturated carbocycles. The third-order valence-corrected chi connectivity index (χ3v) is 2.78. The molecule has 0 amide bonds. The Morgan fingerprint density at radius 2 is 2.23 bits per heavy atom. The van der Waals surface area contributed by atoms with Crippen molar-refractivity contribution in [3.05, 3.63) is 0 Å². The zero-order valence-corrected chi connectivity index (χ0v) is 8.67. The van der Waals surface area contributed by atoms with Gasteiger partial charge in [-0.2, -0.15) is 0 Å². The van der Waals surface area contributed by atoms with Crippen LogP contribution in [0.4, 0.5) is 0 Å². The lowest BCUT2D eigenvalue weighted by molar-refractivity contribution is -0.151. The maximum Gasteiger partial charge on any atom is 0.310 e.